The fourth-order valence-corrected chi connectivity index (χ4v) is 6.91. The molecule has 3 N–H and O–H groups in total. The van der Waals surface area contributed by atoms with Crippen molar-refractivity contribution in [2.24, 2.45) is 0 Å². The van der Waals surface area contributed by atoms with Crippen molar-refractivity contribution >= 4 is 35.9 Å². The Morgan fingerprint density at radius 3 is 1.38 bits per heavy atom. The third-order valence-corrected chi connectivity index (χ3v) is 12.5. The lowest BCUT2D eigenvalue weighted by Gasteiger charge is -2.32. The Kier molecular flexibility index (Phi) is 25.0. The molecule has 1 amide bonds. The zero-order chi connectivity index (χ0) is 65.6. The van der Waals surface area contributed by atoms with Crippen LogP contribution in [0.5, 0.6) is 0 Å². The minimum Gasteiger partial charge on any atom is -0.478 e. The number of aromatic nitrogens is 6. The number of nitrogens with one attached hydrogen (secondary N) is 1. The lowest BCUT2D eigenvalue weighted by molar-refractivity contribution is 0.00578. The molecule has 1 atom stereocenters. The second kappa shape index (κ2) is 29.8. The van der Waals surface area contributed by atoms with Gasteiger partial charge in [-0.25, -0.2) is 31.1 Å². The van der Waals surface area contributed by atoms with E-state index in [0.29, 0.717) is 48.6 Å². The number of halogens is 12. The fourth-order valence-electron chi connectivity index (χ4n) is 6.91. The summed E-state index contributed by atoms with van der Waals surface area (Å²) in [5.41, 5.74) is -1.64. The topological polar surface area (TPSA) is 200 Å². The van der Waals surface area contributed by atoms with Crippen molar-refractivity contribution in [3.05, 3.63) is 200 Å². The standard InChI is InChI=1S/C21H24BF3N2O3.C8H6F3NO2.C8H8F3N.C8H10FNO.C8H8FNO.C6H6FN/c1-12-7-8-13(11-15(12)22-29-19(2,3)20(4,5)30-22)27-18(28)14-9-10-26-17(16(14)23)21(6,24)25;1-8(10,11)6-5(9)4(7(13)14)2-3-12-6;1-5-3-4-12-7(6(5)9)8(2,10)11;2*1-5-3-4-10-8(6(2)11)7(5)9;1-5-2-3-8-4-6(5)7/h7-11H,1-6H3,(H,27,28);2-3H,1H3,(H,13,14);3-4H,1-2H3;3-4,6,11H,1-2H3;3-4H,1-2H3;2-4H,1H3. The van der Waals surface area contributed by atoms with Gasteiger partial charge in [0.1, 0.15) is 40.1 Å². The molecule has 462 valence electrons. The number of amides is 1. The highest BCUT2D eigenvalue weighted by atomic mass is 19.3. The second-order valence-corrected chi connectivity index (χ2v) is 20.4. The molecule has 14 nitrogen and oxygen atoms in total. The molecule has 8 rings (SSSR count). The molecule has 86 heavy (non-hydrogen) atoms. The van der Waals surface area contributed by atoms with Crippen molar-refractivity contribution in [3.8, 4) is 0 Å². The van der Waals surface area contributed by atoms with Gasteiger partial charge in [0.25, 0.3) is 23.7 Å². The van der Waals surface area contributed by atoms with E-state index in [2.05, 4.69) is 35.2 Å². The summed E-state index contributed by atoms with van der Waals surface area (Å²) in [6, 6.07) is 13.0. The van der Waals surface area contributed by atoms with Crippen molar-refractivity contribution in [1.29, 1.82) is 0 Å². The molecular formula is C59H62BF12N7O7. The molecule has 0 aliphatic carbocycles. The first-order chi connectivity index (χ1) is 39.5. The number of benzene rings is 1. The molecule has 27 heteroatoms. The molecule has 1 aromatic carbocycles. The molecule has 1 aliphatic rings. The van der Waals surface area contributed by atoms with Gasteiger partial charge in [-0.2, -0.15) is 26.3 Å². The van der Waals surface area contributed by atoms with E-state index in [-0.39, 0.29) is 28.6 Å². The van der Waals surface area contributed by atoms with Gasteiger partial charge in [0.2, 0.25) is 0 Å². The first kappa shape index (κ1) is 72.1. The molecule has 6 aromatic heterocycles. The number of aliphatic hydroxyl groups is 1. The second-order valence-electron chi connectivity index (χ2n) is 20.4. The Labute approximate surface area is 488 Å². The van der Waals surface area contributed by atoms with Gasteiger partial charge in [-0.15, -0.1) is 0 Å². The average Bonchev–Trinajstić information content (AvgIpc) is 1.72. The number of aryl methyl sites for hydroxylation is 5. The van der Waals surface area contributed by atoms with Crippen LogP contribution in [-0.2, 0) is 27.1 Å². The molecule has 0 radical (unpaired) electrons. The lowest BCUT2D eigenvalue weighted by Crippen LogP contribution is -2.41. The van der Waals surface area contributed by atoms with Gasteiger partial charge < -0.3 is 24.8 Å². The summed E-state index contributed by atoms with van der Waals surface area (Å²) < 4.78 is 168. The number of ketones is 1. The van der Waals surface area contributed by atoms with E-state index in [1.54, 1.807) is 57.3 Å². The van der Waals surface area contributed by atoms with Crippen LogP contribution < -0.4 is 10.8 Å². The Bertz CT molecular complexity index is 3470. The molecule has 1 aliphatic heterocycles. The molecule has 0 bridgehead atoms. The van der Waals surface area contributed by atoms with Crippen molar-refractivity contribution < 1.29 is 86.6 Å². The Morgan fingerprint density at radius 2 is 0.977 bits per heavy atom. The number of carboxylic acids is 1. The number of aromatic carboxylic acids is 1. The van der Waals surface area contributed by atoms with Gasteiger partial charge in [-0.1, -0.05) is 11.6 Å². The predicted octanol–water partition coefficient (Wildman–Crippen LogP) is 13.7. The predicted molar refractivity (Wildman–Crippen MR) is 295 cm³/mol. The Hall–Kier alpha value is -8.17. The van der Waals surface area contributed by atoms with Gasteiger partial charge in [-0.3, -0.25) is 39.5 Å². The summed E-state index contributed by atoms with van der Waals surface area (Å²) in [6.45, 7) is 20.4. The summed E-state index contributed by atoms with van der Waals surface area (Å²) >= 11 is 0. The van der Waals surface area contributed by atoms with Crippen LogP contribution in [-0.4, -0.2) is 76.1 Å². The highest BCUT2D eigenvalue weighted by molar-refractivity contribution is 6.62. The van der Waals surface area contributed by atoms with E-state index in [1.165, 1.54) is 57.7 Å². The van der Waals surface area contributed by atoms with E-state index in [1.807, 2.05) is 34.6 Å². The van der Waals surface area contributed by atoms with Gasteiger partial charge >= 0.3 is 13.1 Å². The summed E-state index contributed by atoms with van der Waals surface area (Å²) in [6.07, 6.45) is 7.83. The summed E-state index contributed by atoms with van der Waals surface area (Å²) in [5, 5.41) is 20.0. The van der Waals surface area contributed by atoms with Gasteiger partial charge in [0, 0.05) is 70.6 Å². The van der Waals surface area contributed by atoms with Gasteiger partial charge in [0.15, 0.2) is 29.1 Å². The average molecular weight is 1220 g/mol. The SMILES string of the molecule is CC(=O)c1nccc(C)c1F.CC(F)(F)c1nccc(C(=O)O)c1F.Cc1ccc(NC(=O)c2ccnc(C(C)(F)F)c2F)cc1B1OC(C)(C)C(C)(C)O1.Cc1ccnc(C(C)(F)F)c1F.Cc1ccnc(C(C)O)c1F.Cc1ccncc1F. The van der Waals surface area contributed by atoms with Crippen LogP contribution in [0.1, 0.15) is 150 Å². The normalized spacial score (nSPS) is 13.5. The largest absolute Gasteiger partial charge is 0.495 e. The number of rotatable bonds is 9. The quantitative estimate of drug-likeness (QED) is 0.0701. The van der Waals surface area contributed by atoms with E-state index in [4.69, 9.17) is 19.5 Å². The monoisotopic (exact) mass is 1220 g/mol. The number of aliphatic hydroxyl groups excluding tert-OH is 1. The number of carbonyl (C=O) groups excluding carboxylic acids is 2. The van der Waals surface area contributed by atoms with Gasteiger partial charge in [-0.05, 0) is 145 Å². The number of anilines is 1. The number of alkyl halides is 6. The first-order valence-electron chi connectivity index (χ1n) is 25.6. The van der Waals surface area contributed by atoms with Crippen molar-refractivity contribution in [1.82, 2.24) is 29.9 Å². The summed E-state index contributed by atoms with van der Waals surface area (Å²) in [4.78, 5) is 54.3. The molecule has 1 fully saturated rings. The smallest absolute Gasteiger partial charge is 0.478 e. The van der Waals surface area contributed by atoms with Crippen molar-refractivity contribution in [2.45, 2.75) is 132 Å². The minimum atomic E-state index is -3.51. The number of carboxylic acid groups (broad SMARTS) is 1. The molecule has 1 saturated heterocycles. The Balaban J connectivity index is 0.000000291. The number of carbonyl (C=O) groups is 3. The number of pyridine rings is 6. The zero-order valence-electron chi connectivity index (χ0n) is 49.0. The van der Waals surface area contributed by atoms with Crippen LogP contribution in [0.3, 0.4) is 0 Å². The maximum absolute atomic E-state index is 14.4. The first-order valence-corrected chi connectivity index (χ1v) is 25.6. The summed E-state index contributed by atoms with van der Waals surface area (Å²) in [7, 11) is -0.644. The van der Waals surface area contributed by atoms with Crippen molar-refractivity contribution in [2.75, 3.05) is 5.32 Å². The highest BCUT2D eigenvalue weighted by Crippen LogP contribution is 2.37. The molecular weight excluding hydrogens is 1160 g/mol. The number of nitrogens with zero attached hydrogens (tertiary/aromatic N) is 6. The highest BCUT2D eigenvalue weighted by Gasteiger charge is 2.52. The number of Topliss-reactive ketones (excluding diaryl/α,β-unsaturated/α-hetero) is 1. The van der Waals surface area contributed by atoms with Crippen LogP contribution in [0.15, 0.2) is 98.0 Å². The third kappa shape index (κ3) is 19.7. The number of hydrogen-bond acceptors (Lipinski definition) is 12. The molecule has 7 heterocycles. The van der Waals surface area contributed by atoms with E-state index in [0.717, 1.165) is 30.1 Å². The maximum Gasteiger partial charge on any atom is 0.495 e. The van der Waals surface area contributed by atoms with E-state index < -0.39 is 111 Å². The third-order valence-electron chi connectivity index (χ3n) is 12.5. The molecule has 7 aromatic rings. The van der Waals surface area contributed by atoms with Crippen LogP contribution in [0.25, 0.3) is 0 Å². The van der Waals surface area contributed by atoms with E-state index in [9.17, 15) is 67.1 Å². The van der Waals surface area contributed by atoms with E-state index >= 15 is 0 Å². The van der Waals surface area contributed by atoms with Crippen molar-refractivity contribution in [3.63, 3.8) is 0 Å². The molecule has 0 saturated carbocycles. The van der Waals surface area contributed by atoms with Crippen LogP contribution in [0.4, 0.5) is 58.4 Å². The zero-order valence-corrected chi connectivity index (χ0v) is 49.0. The molecule has 1 unspecified atom stereocenters. The maximum atomic E-state index is 14.4. The minimum absolute atomic E-state index is 0.0787. The lowest BCUT2D eigenvalue weighted by atomic mass is 9.76. The number of hydrogen-bond donors (Lipinski definition) is 3. The van der Waals surface area contributed by atoms with Crippen LogP contribution in [0, 0.1) is 69.5 Å². The fraction of sp³-hybridized carbons (Fsp3) is 0.339. The van der Waals surface area contributed by atoms with Crippen LogP contribution >= 0.6 is 0 Å². The molecule has 0 spiro atoms. The van der Waals surface area contributed by atoms with Crippen LogP contribution in [0.2, 0.25) is 0 Å². The Morgan fingerprint density at radius 1 is 0.558 bits per heavy atom. The summed E-state index contributed by atoms with van der Waals surface area (Å²) in [5.74, 6) is -17.9. The van der Waals surface area contributed by atoms with Gasteiger partial charge in [0.05, 0.1) is 34.6 Å².